The number of ether oxygens (including phenoxy) is 1. The van der Waals surface area contributed by atoms with Crippen molar-refractivity contribution in [3.63, 3.8) is 0 Å². The molecular formula is C13H17FN2O2. The van der Waals surface area contributed by atoms with E-state index in [4.69, 9.17) is 4.74 Å². The molecule has 2 rings (SSSR count). The highest BCUT2D eigenvalue weighted by atomic mass is 19.1. The lowest BCUT2D eigenvalue weighted by molar-refractivity contribution is -0.127. The van der Waals surface area contributed by atoms with Crippen LogP contribution in [0.1, 0.15) is 6.92 Å². The fourth-order valence-corrected chi connectivity index (χ4v) is 1.68. The molecule has 18 heavy (non-hydrogen) atoms. The van der Waals surface area contributed by atoms with Crippen LogP contribution in [0.4, 0.5) is 4.39 Å². The molecule has 0 bridgehead atoms. The zero-order valence-corrected chi connectivity index (χ0v) is 10.3. The van der Waals surface area contributed by atoms with Gasteiger partial charge in [0.05, 0.1) is 0 Å². The van der Waals surface area contributed by atoms with E-state index in [1.54, 1.807) is 19.1 Å². The molecule has 0 radical (unpaired) electrons. The van der Waals surface area contributed by atoms with E-state index in [1.807, 2.05) is 0 Å². The van der Waals surface area contributed by atoms with E-state index in [-0.39, 0.29) is 11.7 Å². The summed E-state index contributed by atoms with van der Waals surface area (Å²) in [7, 11) is 0. The second-order valence-electron chi connectivity index (χ2n) is 4.49. The maximum Gasteiger partial charge on any atom is 0.260 e. The van der Waals surface area contributed by atoms with Crippen molar-refractivity contribution in [2.24, 2.45) is 5.92 Å². The summed E-state index contributed by atoms with van der Waals surface area (Å²) in [5.74, 6) is 0.324. The predicted molar refractivity (Wildman–Crippen MR) is 65.9 cm³/mol. The average Bonchev–Trinajstić information content (AvgIpc) is 2.26. The molecule has 0 aromatic heterocycles. The zero-order valence-electron chi connectivity index (χ0n) is 10.3. The third-order valence-electron chi connectivity index (χ3n) is 2.91. The molecule has 1 aliphatic rings. The van der Waals surface area contributed by atoms with E-state index in [2.05, 4.69) is 10.6 Å². The van der Waals surface area contributed by atoms with Crippen molar-refractivity contribution < 1.29 is 13.9 Å². The van der Waals surface area contributed by atoms with E-state index < -0.39 is 6.10 Å². The second kappa shape index (κ2) is 5.82. The molecule has 1 aromatic rings. The van der Waals surface area contributed by atoms with Gasteiger partial charge in [-0.15, -0.1) is 0 Å². The van der Waals surface area contributed by atoms with Crippen molar-refractivity contribution in [1.82, 2.24) is 10.6 Å². The first-order chi connectivity index (χ1) is 8.65. The third-order valence-corrected chi connectivity index (χ3v) is 2.91. The first-order valence-corrected chi connectivity index (χ1v) is 6.06. The van der Waals surface area contributed by atoms with Crippen molar-refractivity contribution in [3.8, 4) is 5.75 Å². The minimum atomic E-state index is -0.625. The highest BCUT2D eigenvalue weighted by Crippen LogP contribution is 2.13. The van der Waals surface area contributed by atoms with Gasteiger partial charge in [-0.2, -0.15) is 0 Å². The average molecular weight is 252 g/mol. The van der Waals surface area contributed by atoms with Crippen LogP contribution in [0.2, 0.25) is 0 Å². The fourth-order valence-electron chi connectivity index (χ4n) is 1.68. The van der Waals surface area contributed by atoms with Gasteiger partial charge in [-0.1, -0.05) is 6.07 Å². The molecule has 1 heterocycles. The van der Waals surface area contributed by atoms with Crippen LogP contribution in [0.25, 0.3) is 0 Å². The molecule has 0 aliphatic carbocycles. The lowest BCUT2D eigenvalue weighted by Gasteiger charge is -2.27. The number of hydrogen-bond acceptors (Lipinski definition) is 3. The molecule has 4 nitrogen and oxygen atoms in total. The summed E-state index contributed by atoms with van der Waals surface area (Å²) < 4.78 is 18.3. The fraction of sp³-hybridized carbons (Fsp3) is 0.462. The van der Waals surface area contributed by atoms with Crippen LogP contribution in [0.3, 0.4) is 0 Å². The molecule has 98 valence electrons. The summed E-state index contributed by atoms with van der Waals surface area (Å²) in [6.07, 6.45) is -0.625. The van der Waals surface area contributed by atoms with Gasteiger partial charge in [-0.05, 0) is 19.1 Å². The van der Waals surface area contributed by atoms with Gasteiger partial charge in [-0.3, -0.25) is 4.79 Å². The van der Waals surface area contributed by atoms with E-state index in [1.165, 1.54) is 12.1 Å². The molecule has 1 saturated heterocycles. The van der Waals surface area contributed by atoms with E-state index in [0.717, 1.165) is 13.1 Å². The van der Waals surface area contributed by atoms with Crippen molar-refractivity contribution in [1.29, 1.82) is 0 Å². The van der Waals surface area contributed by atoms with Crippen LogP contribution in [-0.4, -0.2) is 31.6 Å². The Bertz CT molecular complexity index is 421. The first kappa shape index (κ1) is 12.8. The highest BCUT2D eigenvalue weighted by molar-refractivity contribution is 5.80. The minimum Gasteiger partial charge on any atom is -0.481 e. The summed E-state index contributed by atoms with van der Waals surface area (Å²) in [6.45, 7) is 4.20. The van der Waals surface area contributed by atoms with Crippen molar-refractivity contribution >= 4 is 5.91 Å². The van der Waals surface area contributed by atoms with Crippen LogP contribution in [0.15, 0.2) is 24.3 Å². The minimum absolute atomic E-state index is 0.175. The molecule has 0 saturated carbocycles. The summed E-state index contributed by atoms with van der Waals surface area (Å²) in [5, 5.41) is 5.96. The molecule has 0 spiro atoms. The van der Waals surface area contributed by atoms with Gasteiger partial charge in [0.15, 0.2) is 6.10 Å². The van der Waals surface area contributed by atoms with Crippen LogP contribution in [0, 0.1) is 11.7 Å². The summed E-state index contributed by atoms with van der Waals surface area (Å²) in [6, 6.07) is 5.78. The normalized spacial score (nSPS) is 16.8. The number of halogens is 1. The van der Waals surface area contributed by atoms with Crippen molar-refractivity contribution in [2.45, 2.75) is 13.0 Å². The molecular weight excluding hydrogens is 235 g/mol. The third kappa shape index (κ3) is 3.43. The predicted octanol–water partition coefficient (Wildman–Crippen LogP) is 0.929. The van der Waals surface area contributed by atoms with Gasteiger partial charge < -0.3 is 15.4 Å². The van der Waals surface area contributed by atoms with Gasteiger partial charge in [-0.25, -0.2) is 4.39 Å². The number of hydrogen-bond donors (Lipinski definition) is 2. The number of nitrogens with one attached hydrogen (secondary N) is 2. The van der Waals surface area contributed by atoms with Crippen molar-refractivity contribution in [2.75, 3.05) is 19.6 Å². The van der Waals surface area contributed by atoms with Gasteiger partial charge >= 0.3 is 0 Å². The quantitative estimate of drug-likeness (QED) is 0.819. The van der Waals surface area contributed by atoms with Gasteiger partial charge in [0.1, 0.15) is 11.6 Å². The Balaban J connectivity index is 1.79. The van der Waals surface area contributed by atoms with E-state index >= 15 is 0 Å². The van der Waals surface area contributed by atoms with Crippen LogP contribution >= 0.6 is 0 Å². The topological polar surface area (TPSA) is 50.4 Å². The summed E-state index contributed by atoms with van der Waals surface area (Å²) in [4.78, 5) is 11.7. The molecule has 1 aliphatic heterocycles. The molecule has 1 unspecified atom stereocenters. The Kier molecular flexibility index (Phi) is 4.15. The molecule has 1 fully saturated rings. The Morgan fingerprint density at radius 1 is 1.61 bits per heavy atom. The smallest absolute Gasteiger partial charge is 0.260 e. The van der Waals surface area contributed by atoms with Gasteiger partial charge in [0.2, 0.25) is 0 Å². The largest absolute Gasteiger partial charge is 0.481 e. The number of rotatable bonds is 5. The lowest BCUT2D eigenvalue weighted by Crippen LogP contribution is -2.49. The Labute approximate surface area is 106 Å². The maximum absolute atomic E-state index is 12.9. The highest BCUT2D eigenvalue weighted by Gasteiger charge is 2.20. The Morgan fingerprint density at radius 2 is 2.39 bits per heavy atom. The monoisotopic (exact) mass is 252 g/mol. The SMILES string of the molecule is CC(Oc1cccc(F)c1)C(=O)NCC1CNC1. The zero-order chi connectivity index (χ0) is 13.0. The number of carbonyl (C=O) groups is 1. The van der Waals surface area contributed by atoms with Crippen LogP contribution in [-0.2, 0) is 4.79 Å². The molecule has 5 heteroatoms. The molecule has 1 aromatic carbocycles. The Morgan fingerprint density at radius 3 is 3.00 bits per heavy atom. The van der Waals surface area contributed by atoms with E-state index in [0.29, 0.717) is 18.2 Å². The molecule has 1 amide bonds. The number of benzene rings is 1. The van der Waals surface area contributed by atoms with Crippen LogP contribution in [0.5, 0.6) is 5.75 Å². The molecule has 2 N–H and O–H groups in total. The van der Waals surface area contributed by atoms with Crippen LogP contribution < -0.4 is 15.4 Å². The summed E-state index contributed by atoms with van der Waals surface area (Å²) >= 11 is 0. The summed E-state index contributed by atoms with van der Waals surface area (Å²) in [5.41, 5.74) is 0. The van der Waals surface area contributed by atoms with E-state index in [9.17, 15) is 9.18 Å². The number of amides is 1. The lowest BCUT2D eigenvalue weighted by atomic mass is 10.0. The molecule has 1 atom stereocenters. The standard InChI is InChI=1S/C13H17FN2O2/c1-9(13(17)16-8-10-6-15-7-10)18-12-4-2-3-11(14)5-12/h2-5,9-10,15H,6-8H2,1H3,(H,16,17). The first-order valence-electron chi connectivity index (χ1n) is 6.06. The van der Waals surface area contributed by atoms with Crippen molar-refractivity contribution in [3.05, 3.63) is 30.1 Å². The second-order valence-corrected chi connectivity index (χ2v) is 4.49. The Hall–Kier alpha value is -1.62. The van der Waals surface area contributed by atoms with Gasteiger partial charge in [0, 0.05) is 31.6 Å². The number of carbonyl (C=O) groups excluding carboxylic acids is 1. The maximum atomic E-state index is 12.9. The van der Waals surface area contributed by atoms with Gasteiger partial charge in [0.25, 0.3) is 5.91 Å².